The van der Waals surface area contributed by atoms with Crippen molar-refractivity contribution in [3.05, 3.63) is 36.7 Å². The number of nitrogen functional groups attached to an aromatic ring is 1. The van der Waals surface area contributed by atoms with Gasteiger partial charge in [-0.15, -0.1) is 0 Å². The van der Waals surface area contributed by atoms with Gasteiger partial charge >= 0.3 is 0 Å². The van der Waals surface area contributed by atoms with Crippen LogP contribution in [-0.4, -0.2) is 23.1 Å². The van der Waals surface area contributed by atoms with Gasteiger partial charge in [-0.25, -0.2) is 9.97 Å². The maximum absolute atomic E-state index is 5.52. The summed E-state index contributed by atoms with van der Waals surface area (Å²) in [6.45, 7) is 2.33. The third kappa shape index (κ3) is 2.99. The average molecular weight is 269 g/mol. The van der Waals surface area contributed by atoms with Gasteiger partial charge in [-0.05, 0) is 43.5 Å². The summed E-state index contributed by atoms with van der Waals surface area (Å²) in [5.74, 6) is 1.13. The summed E-state index contributed by atoms with van der Waals surface area (Å²) >= 11 is 0. The van der Waals surface area contributed by atoms with E-state index < -0.39 is 0 Å². The summed E-state index contributed by atoms with van der Waals surface area (Å²) in [6, 6.07) is 8.45. The van der Waals surface area contributed by atoms with Crippen LogP contribution in [0.2, 0.25) is 0 Å². The average Bonchev–Trinajstić information content (AvgIpc) is 2.51. The van der Waals surface area contributed by atoms with Gasteiger partial charge < -0.3 is 16.0 Å². The summed E-state index contributed by atoms with van der Waals surface area (Å²) in [5.41, 5.74) is 7.81. The van der Waals surface area contributed by atoms with Crippen molar-refractivity contribution in [1.82, 2.24) is 9.97 Å². The van der Waals surface area contributed by atoms with Crippen molar-refractivity contribution in [3.8, 4) is 0 Å². The van der Waals surface area contributed by atoms with Gasteiger partial charge in [-0.3, -0.25) is 0 Å². The number of benzene rings is 1. The monoisotopic (exact) mass is 269 g/mol. The van der Waals surface area contributed by atoms with E-state index in [2.05, 4.69) is 44.5 Å². The van der Waals surface area contributed by atoms with Crippen LogP contribution in [0.25, 0.3) is 0 Å². The van der Waals surface area contributed by atoms with E-state index in [-0.39, 0.29) is 0 Å². The number of nitrogens with one attached hydrogen (secondary N) is 1. The van der Waals surface area contributed by atoms with Crippen molar-refractivity contribution in [2.45, 2.75) is 19.3 Å². The molecule has 3 N–H and O–H groups in total. The van der Waals surface area contributed by atoms with Crippen LogP contribution >= 0.6 is 0 Å². The molecule has 2 heterocycles. The molecule has 1 aromatic carbocycles. The van der Waals surface area contributed by atoms with Gasteiger partial charge in [-0.2, -0.15) is 0 Å². The van der Waals surface area contributed by atoms with Crippen molar-refractivity contribution < 1.29 is 0 Å². The fraction of sp³-hybridized carbons (Fsp3) is 0.333. The van der Waals surface area contributed by atoms with Gasteiger partial charge in [0.25, 0.3) is 0 Å². The number of hydrogen-bond acceptors (Lipinski definition) is 5. The van der Waals surface area contributed by atoms with Gasteiger partial charge in [0.2, 0.25) is 0 Å². The lowest BCUT2D eigenvalue weighted by Crippen LogP contribution is -2.29. The molecule has 2 aromatic rings. The van der Waals surface area contributed by atoms with E-state index in [1.54, 1.807) is 12.4 Å². The Bertz CT molecular complexity index is 543. The minimum Gasteiger partial charge on any atom is -0.382 e. The first-order chi connectivity index (χ1) is 9.81. The first-order valence-corrected chi connectivity index (χ1v) is 7.01. The van der Waals surface area contributed by atoms with Crippen molar-refractivity contribution in [3.63, 3.8) is 0 Å². The van der Waals surface area contributed by atoms with E-state index in [1.807, 2.05) is 0 Å². The molecule has 1 aliphatic heterocycles. The van der Waals surface area contributed by atoms with Crippen LogP contribution in [0, 0.1) is 0 Å². The lowest BCUT2D eigenvalue weighted by Gasteiger charge is -2.28. The Kier molecular flexibility index (Phi) is 3.67. The molecule has 1 saturated heterocycles. The topological polar surface area (TPSA) is 67.1 Å². The summed E-state index contributed by atoms with van der Waals surface area (Å²) < 4.78 is 0. The Hall–Kier alpha value is -2.30. The minimum absolute atomic E-state index is 0.427. The minimum atomic E-state index is 0.427. The highest BCUT2D eigenvalue weighted by Gasteiger charge is 2.10. The van der Waals surface area contributed by atoms with Crippen LogP contribution < -0.4 is 16.0 Å². The molecular formula is C15H19N5. The molecule has 0 aliphatic carbocycles. The second-order valence-electron chi connectivity index (χ2n) is 5.05. The van der Waals surface area contributed by atoms with Crippen molar-refractivity contribution >= 4 is 23.0 Å². The zero-order valence-corrected chi connectivity index (χ0v) is 11.4. The standard InChI is InChI=1S/C15H19N5/c16-14-10-18-15(11-17-14)19-12-4-6-13(7-5-12)20-8-2-1-3-9-20/h4-7,10-11H,1-3,8-9H2,(H2,16,17)(H,18,19). The molecule has 0 saturated carbocycles. The molecule has 0 amide bonds. The van der Waals surface area contributed by atoms with E-state index in [4.69, 9.17) is 5.73 Å². The number of rotatable bonds is 3. The summed E-state index contributed by atoms with van der Waals surface area (Å²) in [7, 11) is 0. The van der Waals surface area contributed by atoms with E-state index in [0.717, 1.165) is 18.8 Å². The first-order valence-electron chi connectivity index (χ1n) is 7.01. The smallest absolute Gasteiger partial charge is 0.149 e. The Morgan fingerprint density at radius 1 is 0.950 bits per heavy atom. The summed E-state index contributed by atoms with van der Waals surface area (Å²) in [6.07, 6.45) is 7.12. The number of nitrogens with zero attached hydrogens (tertiary/aromatic N) is 3. The lowest BCUT2D eigenvalue weighted by atomic mass is 10.1. The molecule has 0 bridgehead atoms. The van der Waals surface area contributed by atoms with Crippen molar-refractivity contribution in [2.24, 2.45) is 0 Å². The quantitative estimate of drug-likeness (QED) is 0.896. The SMILES string of the molecule is Nc1cnc(Nc2ccc(N3CCCCC3)cc2)cn1. The zero-order chi connectivity index (χ0) is 13.8. The number of piperidine rings is 1. The lowest BCUT2D eigenvalue weighted by molar-refractivity contribution is 0.578. The second kappa shape index (κ2) is 5.77. The van der Waals surface area contributed by atoms with Gasteiger partial charge in [0.05, 0.1) is 12.4 Å². The first kappa shape index (κ1) is 12.7. The van der Waals surface area contributed by atoms with Gasteiger partial charge in [0, 0.05) is 24.5 Å². The number of nitrogens with two attached hydrogens (primary N) is 1. The molecular weight excluding hydrogens is 250 g/mol. The third-order valence-electron chi connectivity index (χ3n) is 3.53. The molecule has 0 spiro atoms. The highest BCUT2D eigenvalue weighted by molar-refractivity contribution is 5.60. The molecule has 5 heteroatoms. The largest absolute Gasteiger partial charge is 0.382 e. The van der Waals surface area contributed by atoms with Crippen molar-refractivity contribution in [2.75, 3.05) is 29.0 Å². The Morgan fingerprint density at radius 2 is 1.70 bits per heavy atom. The number of hydrogen-bond donors (Lipinski definition) is 2. The van der Waals surface area contributed by atoms with E-state index in [0.29, 0.717) is 11.6 Å². The molecule has 5 nitrogen and oxygen atoms in total. The number of anilines is 4. The second-order valence-corrected chi connectivity index (χ2v) is 5.05. The Balaban J connectivity index is 1.67. The normalized spacial score (nSPS) is 15.1. The molecule has 0 radical (unpaired) electrons. The molecule has 1 fully saturated rings. The van der Waals surface area contributed by atoms with Crippen LogP contribution in [-0.2, 0) is 0 Å². The fourth-order valence-electron chi connectivity index (χ4n) is 2.46. The maximum Gasteiger partial charge on any atom is 0.149 e. The molecule has 20 heavy (non-hydrogen) atoms. The molecule has 0 unspecified atom stereocenters. The van der Waals surface area contributed by atoms with Gasteiger partial charge in [0.15, 0.2) is 0 Å². The molecule has 0 atom stereocenters. The van der Waals surface area contributed by atoms with Crippen molar-refractivity contribution in [1.29, 1.82) is 0 Å². The third-order valence-corrected chi connectivity index (χ3v) is 3.53. The van der Waals surface area contributed by atoms with Crippen LogP contribution in [0.5, 0.6) is 0 Å². The van der Waals surface area contributed by atoms with E-state index in [1.165, 1.54) is 24.9 Å². The van der Waals surface area contributed by atoms with Crippen LogP contribution in [0.15, 0.2) is 36.7 Å². The molecule has 1 aliphatic rings. The van der Waals surface area contributed by atoms with Gasteiger partial charge in [-0.1, -0.05) is 0 Å². The van der Waals surface area contributed by atoms with E-state index >= 15 is 0 Å². The van der Waals surface area contributed by atoms with Crippen LogP contribution in [0.1, 0.15) is 19.3 Å². The summed E-state index contributed by atoms with van der Waals surface area (Å²) in [5, 5.41) is 3.21. The predicted molar refractivity (Wildman–Crippen MR) is 82.2 cm³/mol. The van der Waals surface area contributed by atoms with E-state index in [9.17, 15) is 0 Å². The Morgan fingerprint density at radius 3 is 2.35 bits per heavy atom. The molecule has 3 rings (SSSR count). The fourth-order valence-corrected chi connectivity index (χ4v) is 2.46. The van der Waals surface area contributed by atoms with Gasteiger partial charge in [0.1, 0.15) is 11.6 Å². The molecule has 104 valence electrons. The molecule has 1 aromatic heterocycles. The zero-order valence-electron chi connectivity index (χ0n) is 11.4. The van der Waals surface area contributed by atoms with Crippen LogP contribution in [0.3, 0.4) is 0 Å². The Labute approximate surface area is 118 Å². The van der Waals surface area contributed by atoms with Crippen LogP contribution in [0.4, 0.5) is 23.0 Å². The number of aromatic nitrogens is 2. The predicted octanol–water partition coefficient (Wildman–Crippen LogP) is 2.79. The maximum atomic E-state index is 5.52. The highest BCUT2D eigenvalue weighted by Crippen LogP contribution is 2.23. The highest BCUT2D eigenvalue weighted by atomic mass is 15.1. The summed E-state index contributed by atoms with van der Waals surface area (Å²) in [4.78, 5) is 10.6.